The van der Waals surface area contributed by atoms with Gasteiger partial charge in [-0.3, -0.25) is 4.79 Å². The molecular weight excluding hydrogens is 248 g/mol. The number of aromatic nitrogens is 2. The Hall–Kier alpha value is -1.31. The van der Waals surface area contributed by atoms with Gasteiger partial charge in [0.25, 0.3) is 0 Å². The lowest BCUT2D eigenvalue weighted by molar-refractivity contribution is -0.122. The monoisotopic (exact) mass is 272 g/mol. The molecule has 19 heavy (non-hydrogen) atoms. The van der Waals surface area contributed by atoms with Crippen molar-refractivity contribution in [3.8, 4) is 0 Å². The maximum atomic E-state index is 11.2. The number of ketones is 1. The zero-order valence-electron chi connectivity index (χ0n) is 11.6. The summed E-state index contributed by atoms with van der Waals surface area (Å²) in [7, 11) is 0. The van der Waals surface area contributed by atoms with Crippen molar-refractivity contribution in [3.63, 3.8) is 0 Å². The highest BCUT2D eigenvalue weighted by molar-refractivity contribution is 5.81. The molecule has 1 aromatic heterocycles. The summed E-state index contributed by atoms with van der Waals surface area (Å²) in [5.74, 6) is -0.0472. The van der Waals surface area contributed by atoms with Gasteiger partial charge in [-0.05, 0) is 19.9 Å². The fourth-order valence-electron chi connectivity index (χ4n) is 1.33. The van der Waals surface area contributed by atoms with Crippen LogP contribution in [0.25, 0.3) is 0 Å². The van der Waals surface area contributed by atoms with E-state index in [1.165, 1.54) is 32.2 Å². The lowest BCUT2D eigenvalue weighted by Gasteiger charge is -2.15. The topological polar surface area (TPSA) is 114 Å². The number of nitrogens with two attached hydrogens (primary N) is 1. The second kappa shape index (κ2) is 10.6. The predicted molar refractivity (Wildman–Crippen MR) is 71.1 cm³/mol. The number of aliphatic hydroxyl groups is 1. The predicted octanol–water partition coefficient (Wildman–Crippen LogP) is 0.462. The van der Waals surface area contributed by atoms with Gasteiger partial charge in [0.2, 0.25) is 0 Å². The highest BCUT2D eigenvalue weighted by Crippen LogP contribution is 1.99. The molecule has 7 nitrogen and oxygen atoms in total. The van der Waals surface area contributed by atoms with Crippen LogP contribution in [0.5, 0.6) is 0 Å². The Morgan fingerprint density at radius 2 is 2.05 bits per heavy atom. The smallest absolute Gasteiger partial charge is 0.150 e. The summed E-state index contributed by atoms with van der Waals surface area (Å²) in [6, 6.07) is 0. The van der Waals surface area contributed by atoms with Gasteiger partial charge < -0.3 is 16.2 Å². The number of rotatable bonds is 8. The minimum Gasteiger partial charge on any atom is -0.376 e. The summed E-state index contributed by atoms with van der Waals surface area (Å²) >= 11 is 0. The number of nitrogens with one attached hydrogen (secondary N) is 1. The Labute approximate surface area is 113 Å². The fraction of sp³-hybridized carbons (Fsp3) is 0.750. The van der Waals surface area contributed by atoms with Crippen molar-refractivity contribution in [1.82, 2.24) is 15.6 Å². The molecule has 1 unspecified atom stereocenters. The van der Waals surface area contributed by atoms with E-state index in [2.05, 4.69) is 27.2 Å². The first-order chi connectivity index (χ1) is 8.95. The third-order valence-corrected chi connectivity index (χ3v) is 2.12. The molecule has 0 radical (unpaired) electrons. The first-order valence-corrected chi connectivity index (χ1v) is 6.41. The highest BCUT2D eigenvalue weighted by Gasteiger charge is 2.17. The number of unbranched alkanes of at least 4 members (excludes halogenated alkanes) is 2. The summed E-state index contributed by atoms with van der Waals surface area (Å²) in [5, 5.41) is 18.7. The summed E-state index contributed by atoms with van der Waals surface area (Å²) in [6.45, 7) is 4.72. The maximum Gasteiger partial charge on any atom is 0.150 e. The van der Waals surface area contributed by atoms with Crippen molar-refractivity contribution in [1.29, 1.82) is 0 Å². The van der Waals surface area contributed by atoms with E-state index >= 15 is 0 Å². The molecule has 1 atom stereocenters. The van der Waals surface area contributed by atoms with Gasteiger partial charge in [0, 0.05) is 6.42 Å². The Morgan fingerprint density at radius 3 is 2.47 bits per heavy atom. The van der Waals surface area contributed by atoms with E-state index in [9.17, 15) is 4.79 Å². The Morgan fingerprint density at radius 1 is 1.42 bits per heavy atom. The van der Waals surface area contributed by atoms with E-state index in [0.29, 0.717) is 6.54 Å². The first kappa shape index (κ1) is 17.7. The lowest BCUT2D eigenvalue weighted by Crippen LogP contribution is -2.40. The molecule has 0 aliphatic carbocycles. The number of carbonyl (C=O) groups is 1. The van der Waals surface area contributed by atoms with E-state index in [1.807, 2.05) is 0 Å². The van der Waals surface area contributed by atoms with Crippen LogP contribution >= 0.6 is 0 Å². The van der Waals surface area contributed by atoms with Crippen LogP contribution in [-0.4, -0.2) is 40.0 Å². The highest BCUT2D eigenvalue weighted by atomic mass is 16.6. The van der Waals surface area contributed by atoms with Gasteiger partial charge >= 0.3 is 0 Å². The molecule has 4 N–H and O–H groups in total. The van der Waals surface area contributed by atoms with Crippen LogP contribution in [0.2, 0.25) is 0 Å². The first-order valence-electron chi connectivity index (χ1n) is 6.41. The van der Waals surface area contributed by atoms with E-state index in [0.717, 1.165) is 13.0 Å². The molecule has 1 heterocycles. The molecule has 1 rings (SSSR count). The van der Waals surface area contributed by atoms with Gasteiger partial charge in [-0.25, -0.2) is 4.63 Å². The minimum absolute atomic E-state index is 0.00772. The minimum atomic E-state index is -1.37. The average molecular weight is 272 g/mol. The SMILES string of the molecule is CCCCCNCC(=O)CC(C)(N)O.c1cnon1. The van der Waals surface area contributed by atoms with Crippen molar-refractivity contribution >= 4 is 5.78 Å². The van der Waals surface area contributed by atoms with Crippen LogP contribution < -0.4 is 11.1 Å². The molecular formula is C12H24N4O3. The van der Waals surface area contributed by atoms with Crippen molar-refractivity contribution < 1.29 is 14.5 Å². The number of Topliss-reactive ketones (excluding diaryl/α,β-unsaturated/α-hetero) is 1. The Kier molecular flexibility index (Phi) is 9.87. The van der Waals surface area contributed by atoms with Crippen molar-refractivity contribution in [2.45, 2.75) is 45.3 Å². The van der Waals surface area contributed by atoms with Gasteiger partial charge in [0.15, 0.2) is 5.78 Å². The standard InChI is InChI=1S/C10H22N2O2.C2H2N2O/c1-3-4-5-6-12-8-9(13)7-10(2,11)14;1-2-4-5-3-1/h12,14H,3-8,11H2,1-2H3;1-2H. The van der Waals surface area contributed by atoms with Crippen LogP contribution in [0, 0.1) is 0 Å². The van der Waals surface area contributed by atoms with Crippen molar-refractivity contribution in [2.75, 3.05) is 13.1 Å². The van der Waals surface area contributed by atoms with E-state index in [4.69, 9.17) is 10.8 Å². The summed E-state index contributed by atoms with van der Waals surface area (Å²) in [4.78, 5) is 11.2. The van der Waals surface area contributed by atoms with E-state index in [1.54, 1.807) is 0 Å². The maximum absolute atomic E-state index is 11.2. The summed E-state index contributed by atoms with van der Waals surface area (Å²) in [5.41, 5.74) is 3.92. The largest absolute Gasteiger partial charge is 0.376 e. The van der Waals surface area contributed by atoms with E-state index in [-0.39, 0.29) is 12.2 Å². The van der Waals surface area contributed by atoms with Crippen LogP contribution in [-0.2, 0) is 4.79 Å². The van der Waals surface area contributed by atoms with Gasteiger partial charge in [-0.1, -0.05) is 30.1 Å². The van der Waals surface area contributed by atoms with Crippen LogP contribution in [0.4, 0.5) is 0 Å². The summed E-state index contributed by atoms with van der Waals surface area (Å²) < 4.78 is 4.08. The van der Waals surface area contributed by atoms with Crippen molar-refractivity contribution in [2.24, 2.45) is 5.73 Å². The van der Waals surface area contributed by atoms with E-state index < -0.39 is 5.72 Å². The molecule has 110 valence electrons. The number of hydrogen-bond acceptors (Lipinski definition) is 7. The molecule has 0 spiro atoms. The molecule has 0 aliphatic rings. The Bertz CT molecular complexity index is 292. The van der Waals surface area contributed by atoms with Gasteiger partial charge in [-0.2, -0.15) is 0 Å². The third kappa shape index (κ3) is 14.6. The van der Waals surface area contributed by atoms with Gasteiger partial charge in [0.1, 0.15) is 5.72 Å². The average Bonchev–Trinajstić information content (AvgIpc) is 2.85. The summed E-state index contributed by atoms with van der Waals surface area (Å²) in [6.07, 6.45) is 6.39. The zero-order chi connectivity index (χ0) is 14.6. The Balaban J connectivity index is 0.000000532. The molecule has 0 bridgehead atoms. The fourth-order valence-corrected chi connectivity index (χ4v) is 1.33. The van der Waals surface area contributed by atoms with Crippen LogP contribution in [0.1, 0.15) is 39.5 Å². The molecule has 7 heteroatoms. The number of carbonyl (C=O) groups excluding carboxylic acids is 1. The molecule has 1 aromatic rings. The molecule has 0 fully saturated rings. The quantitative estimate of drug-likeness (QED) is 0.465. The lowest BCUT2D eigenvalue weighted by atomic mass is 10.1. The van der Waals surface area contributed by atoms with Gasteiger partial charge in [0.05, 0.1) is 18.9 Å². The van der Waals surface area contributed by atoms with Crippen LogP contribution in [0.15, 0.2) is 17.0 Å². The molecule has 0 aromatic carbocycles. The third-order valence-electron chi connectivity index (χ3n) is 2.12. The molecule has 0 amide bonds. The van der Waals surface area contributed by atoms with Gasteiger partial charge in [-0.15, -0.1) is 0 Å². The van der Waals surface area contributed by atoms with Crippen molar-refractivity contribution in [3.05, 3.63) is 12.4 Å². The zero-order valence-corrected chi connectivity index (χ0v) is 11.6. The molecule has 0 saturated heterocycles. The molecule has 0 aliphatic heterocycles. The molecule has 0 saturated carbocycles. The number of nitrogens with zero attached hydrogens (tertiary/aromatic N) is 2. The second-order valence-corrected chi connectivity index (χ2v) is 4.55. The second-order valence-electron chi connectivity index (χ2n) is 4.55. The number of hydrogen-bond donors (Lipinski definition) is 3. The van der Waals surface area contributed by atoms with Crippen LogP contribution in [0.3, 0.4) is 0 Å². The normalized spacial score (nSPS) is 13.3.